The van der Waals surface area contributed by atoms with E-state index in [-0.39, 0.29) is 31.6 Å². The Morgan fingerprint density at radius 3 is 2.20 bits per heavy atom. The highest BCUT2D eigenvalue weighted by Crippen LogP contribution is 2.31. The highest BCUT2D eigenvalue weighted by Gasteiger charge is 2.37. The van der Waals surface area contributed by atoms with Crippen LogP contribution in [0.4, 0.5) is 5.69 Å². The molecule has 0 aromatic heterocycles. The zero-order valence-corrected chi connectivity index (χ0v) is 26.5. The van der Waals surface area contributed by atoms with Gasteiger partial charge in [-0.15, -0.1) is 0 Å². The molecule has 3 amide bonds. The van der Waals surface area contributed by atoms with Gasteiger partial charge in [-0.2, -0.15) is 0 Å². The molecule has 2 aromatic carbocycles. The molecule has 45 heavy (non-hydrogen) atoms. The fourth-order valence-corrected chi connectivity index (χ4v) is 5.48. The van der Waals surface area contributed by atoms with E-state index < -0.39 is 35.5 Å². The summed E-state index contributed by atoms with van der Waals surface area (Å²) in [5.41, 5.74) is 0.638. The number of carbonyl (C=O) groups is 5. The second-order valence-electron chi connectivity index (χ2n) is 12.2. The van der Waals surface area contributed by atoms with E-state index in [1.165, 1.54) is 9.80 Å². The molecule has 4 rings (SSSR count). The molecule has 0 radical (unpaired) electrons. The predicted molar refractivity (Wildman–Crippen MR) is 167 cm³/mol. The van der Waals surface area contributed by atoms with E-state index in [2.05, 4.69) is 5.32 Å². The summed E-state index contributed by atoms with van der Waals surface area (Å²) in [5, 5.41) is 3.15. The van der Waals surface area contributed by atoms with Crippen molar-refractivity contribution < 1.29 is 38.2 Å². The molecule has 0 aliphatic carbocycles. The number of carbonyl (C=O) groups excluding carboxylic acids is 5. The van der Waals surface area contributed by atoms with Crippen LogP contribution in [0, 0.1) is 0 Å². The number of benzene rings is 2. The number of anilines is 1. The Labute approximate surface area is 264 Å². The molecular formula is C34H43N3O8. The Hall–Kier alpha value is -4.25. The average Bonchev–Trinajstić information content (AvgIpc) is 3.16. The van der Waals surface area contributed by atoms with Crippen LogP contribution >= 0.6 is 0 Å². The van der Waals surface area contributed by atoms with Gasteiger partial charge in [0.1, 0.15) is 36.6 Å². The van der Waals surface area contributed by atoms with E-state index in [1.807, 2.05) is 0 Å². The van der Waals surface area contributed by atoms with Crippen LogP contribution in [0.3, 0.4) is 0 Å². The zero-order valence-electron chi connectivity index (χ0n) is 26.5. The molecule has 0 unspecified atom stereocenters. The van der Waals surface area contributed by atoms with Crippen LogP contribution < -0.4 is 15.0 Å². The first-order valence-electron chi connectivity index (χ1n) is 15.6. The van der Waals surface area contributed by atoms with E-state index in [4.69, 9.17) is 14.2 Å². The molecule has 0 saturated carbocycles. The van der Waals surface area contributed by atoms with Gasteiger partial charge in [0.05, 0.1) is 23.4 Å². The number of esters is 2. The standard InChI is InChI=1S/C34H43N3O8/c1-5-43-33(42)25(17-9-7-6-8-14-20-36-30(39)23-15-10-11-16-24(23)31(36)40)35-26-22-44-28-19-13-12-18-27(28)37(32(26)41)21-29(38)45-34(2,3)4/h10-13,15-16,18-19,25-26,35H,5-9,14,17,20-22H2,1-4H3/t25-,26-/m0/s1. The van der Waals surface area contributed by atoms with Gasteiger partial charge in [0.25, 0.3) is 11.8 Å². The van der Waals surface area contributed by atoms with Crippen molar-refractivity contribution in [3.8, 4) is 5.75 Å². The molecule has 2 aliphatic heterocycles. The molecule has 2 atom stereocenters. The largest absolute Gasteiger partial charge is 0.489 e. The Bertz CT molecular complexity index is 1370. The quantitative estimate of drug-likeness (QED) is 0.187. The van der Waals surface area contributed by atoms with Gasteiger partial charge in [-0.25, -0.2) is 0 Å². The smallest absolute Gasteiger partial charge is 0.326 e. The molecule has 1 N–H and O–H groups in total. The summed E-state index contributed by atoms with van der Waals surface area (Å²) in [6, 6.07) is 12.2. The molecule has 242 valence electrons. The van der Waals surface area contributed by atoms with Crippen molar-refractivity contribution in [2.24, 2.45) is 0 Å². The van der Waals surface area contributed by atoms with Gasteiger partial charge >= 0.3 is 11.9 Å². The molecule has 2 aromatic rings. The Morgan fingerprint density at radius 1 is 0.911 bits per heavy atom. The van der Waals surface area contributed by atoms with E-state index in [9.17, 15) is 24.0 Å². The highest BCUT2D eigenvalue weighted by atomic mass is 16.6. The number of rotatable bonds is 14. The first-order valence-corrected chi connectivity index (χ1v) is 15.6. The number of ether oxygens (including phenoxy) is 3. The number of para-hydroxylation sites is 2. The van der Waals surface area contributed by atoms with Crippen molar-refractivity contribution in [1.82, 2.24) is 10.2 Å². The molecule has 11 heteroatoms. The number of fused-ring (bicyclic) bond motifs is 2. The summed E-state index contributed by atoms with van der Waals surface area (Å²) in [6.07, 6.45) is 4.28. The predicted octanol–water partition coefficient (Wildman–Crippen LogP) is 4.28. The van der Waals surface area contributed by atoms with Crippen LogP contribution in [0.15, 0.2) is 48.5 Å². The van der Waals surface area contributed by atoms with Crippen molar-refractivity contribution in [3.63, 3.8) is 0 Å². The van der Waals surface area contributed by atoms with Gasteiger partial charge in [0.2, 0.25) is 5.91 Å². The van der Waals surface area contributed by atoms with Gasteiger partial charge in [-0.3, -0.25) is 39.1 Å². The van der Waals surface area contributed by atoms with Crippen molar-refractivity contribution >= 4 is 35.3 Å². The monoisotopic (exact) mass is 621 g/mol. The third-order valence-electron chi connectivity index (χ3n) is 7.56. The maximum absolute atomic E-state index is 13.8. The number of hydrogen-bond donors (Lipinski definition) is 1. The SMILES string of the molecule is CCOC(=O)[C@H](CCCCCCCN1C(=O)c2ccccc2C1=O)N[C@H]1COc2ccccc2N(CC(=O)OC(C)(C)C)C1=O. The molecule has 2 heterocycles. The van der Waals surface area contributed by atoms with Gasteiger partial charge in [-0.1, -0.05) is 49.9 Å². The van der Waals surface area contributed by atoms with Gasteiger partial charge in [0, 0.05) is 6.54 Å². The van der Waals surface area contributed by atoms with Crippen LogP contribution in [-0.2, 0) is 23.9 Å². The van der Waals surface area contributed by atoms with Crippen molar-refractivity contribution in [2.75, 3.05) is 31.2 Å². The molecule has 0 spiro atoms. The molecule has 0 bridgehead atoms. The third kappa shape index (κ3) is 8.69. The molecule has 0 saturated heterocycles. The summed E-state index contributed by atoms with van der Waals surface area (Å²) in [4.78, 5) is 67.2. The lowest BCUT2D eigenvalue weighted by atomic mass is 10.0. The highest BCUT2D eigenvalue weighted by molar-refractivity contribution is 6.21. The van der Waals surface area contributed by atoms with Crippen LogP contribution in [0.2, 0.25) is 0 Å². The van der Waals surface area contributed by atoms with Crippen LogP contribution in [0.5, 0.6) is 5.75 Å². The Morgan fingerprint density at radius 2 is 1.53 bits per heavy atom. The lowest BCUT2D eigenvalue weighted by Gasteiger charge is -2.28. The lowest BCUT2D eigenvalue weighted by molar-refractivity contribution is -0.154. The number of hydrogen-bond acceptors (Lipinski definition) is 9. The first-order chi connectivity index (χ1) is 21.5. The summed E-state index contributed by atoms with van der Waals surface area (Å²) in [7, 11) is 0. The fraction of sp³-hybridized carbons (Fsp3) is 0.500. The summed E-state index contributed by atoms with van der Waals surface area (Å²) < 4.78 is 16.7. The number of nitrogens with one attached hydrogen (secondary N) is 1. The number of amides is 3. The summed E-state index contributed by atoms with van der Waals surface area (Å²) in [5.74, 6) is -1.47. The van der Waals surface area contributed by atoms with E-state index in [0.29, 0.717) is 48.4 Å². The van der Waals surface area contributed by atoms with Gasteiger partial charge < -0.3 is 14.2 Å². The van der Waals surface area contributed by atoms with Crippen molar-refractivity contribution in [3.05, 3.63) is 59.7 Å². The van der Waals surface area contributed by atoms with Crippen LogP contribution in [0.1, 0.15) is 86.9 Å². The Balaban J connectivity index is 1.31. The average molecular weight is 622 g/mol. The third-order valence-corrected chi connectivity index (χ3v) is 7.56. The minimum absolute atomic E-state index is 0.0334. The summed E-state index contributed by atoms with van der Waals surface area (Å²) >= 11 is 0. The van der Waals surface area contributed by atoms with Crippen LogP contribution in [0.25, 0.3) is 0 Å². The van der Waals surface area contributed by atoms with Gasteiger partial charge in [-0.05, 0) is 64.8 Å². The van der Waals surface area contributed by atoms with E-state index >= 15 is 0 Å². The fourth-order valence-electron chi connectivity index (χ4n) is 5.48. The lowest BCUT2D eigenvalue weighted by Crippen LogP contribution is -2.55. The molecular weight excluding hydrogens is 578 g/mol. The van der Waals surface area contributed by atoms with Crippen molar-refractivity contribution in [2.45, 2.75) is 83.9 Å². The summed E-state index contributed by atoms with van der Waals surface area (Å²) in [6.45, 7) is 7.22. The number of nitrogens with zero attached hydrogens (tertiary/aromatic N) is 2. The second-order valence-corrected chi connectivity index (χ2v) is 12.2. The Kier molecular flexibility index (Phi) is 11.3. The normalized spacial score (nSPS) is 16.9. The maximum Gasteiger partial charge on any atom is 0.326 e. The van der Waals surface area contributed by atoms with Crippen molar-refractivity contribution in [1.29, 1.82) is 0 Å². The molecule has 2 aliphatic rings. The van der Waals surface area contributed by atoms with Gasteiger partial charge in [0.15, 0.2) is 0 Å². The van der Waals surface area contributed by atoms with Crippen LogP contribution in [-0.4, -0.2) is 78.5 Å². The maximum atomic E-state index is 13.8. The minimum atomic E-state index is -0.908. The molecule has 11 nitrogen and oxygen atoms in total. The second kappa shape index (κ2) is 15.2. The molecule has 0 fully saturated rings. The van der Waals surface area contributed by atoms with E-state index in [0.717, 1.165) is 19.3 Å². The topological polar surface area (TPSA) is 132 Å². The number of unbranched alkanes of at least 4 members (excludes halogenated alkanes) is 4. The first kappa shape index (κ1) is 33.6. The minimum Gasteiger partial charge on any atom is -0.489 e. The zero-order chi connectivity index (χ0) is 32.6. The van der Waals surface area contributed by atoms with E-state index in [1.54, 1.807) is 76.2 Å². The number of imide groups is 1.